The van der Waals surface area contributed by atoms with Crippen LogP contribution < -0.4 is 10.6 Å². The highest BCUT2D eigenvalue weighted by Crippen LogP contribution is 2.37. The standard InChI is InChI=1S/C20H29F3N4OS.HI/c1-27(2)18(28)14-25-19(24-11-12-29-17-9-4-3-5-10-17)26-16-8-6-7-15(13-16)20(21,22)23;/h3-5,9-10,15-16H,6-8,11-14H2,1-2H3,(H2,24,25,26);1H. The minimum Gasteiger partial charge on any atom is -0.356 e. The molecule has 30 heavy (non-hydrogen) atoms. The van der Waals surface area contributed by atoms with E-state index in [0.29, 0.717) is 25.3 Å². The molecular formula is C20H30F3IN4OS. The number of carbonyl (C=O) groups is 1. The maximum Gasteiger partial charge on any atom is 0.391 e. The lowest BCUT2D eigenvalue weighted by Crippen LogP contribution is -2.47. The fraction of sp³-hybridized carbons (Fsp3) is 0.600. The average Bonchev–Trinajstić information content (AvgIpc) is 2.69. The van der Waals surface area contributed by atoms with Crippen LogP contribution in [0.1, 0.15) is 25.7 Å². The summed E-state index contributed by atoms with van der Waals surface area (Å²) >= 11 is 1.67. The van der Waals surface area contributed by atoms with E-state index in [0.717, 1.165) is 10.6 Å². The van der Waals surface area contributed by atoms with E-state index in [1.54, 1.807) is 25.9 Å². The van der Waals surface area contributed by atoms with Crippen molar-refractivity contribution in [3.8, 4) is 0 Å². The molecule has 0 bridgehead atoms. The Morgan fingerprint density at radius 1 is 1.23 bits per heavy atom. The van der Waals surface area contributed by atoms with Gasteiger partial charge in [0, 0.05) is 37.3 Å². The highest BCUT2D eigenvalue weighted by atomic mass is 127. The molecule has 0 saturated heterocycles. The minimum atomic E-state index is -4.17. The lowest BCUT2D eigenvalue weighted by Gasteiger charge is -2.32. The number of hydrogen-bond donors (Lipinski definition) is 2. The van der Waals surface area contributed by atoms with Crippen LogP contribution in [-0.4, -0.2) is 61.9 Å². The fourth-order valence-corrected chi connectivity index (χ4v) is 3.90. The Kier molecular flexibility index (Phi) is 11.9. The Bertz CT molecular complexity index is 674. The number of thioether (sulfide) groups is 1. The highest BCUT2D eigenvalue weighted by molar-refractivity contribution is 14.0. The van der Waals surface area contributed by atoms with Crippen LogP contribution in [-0.2, 0) is 4.79 Å². The molecular weight excluding hydrogens is 528 g/mol. The van der Waals surface area contributed by atoms with Crippen molar-refractivity contribution >= 4 is 47.6 Å². The summed E-state index contributed by atoms with van der Waals surface area (Å²) in [6, 6.07) is 9.63. The number of hydrogen-bond acceptors (Lipinski definition) is 3. The van der Waals surface area contributed by atoms with E-state index >= 15 is 0 Å². The van der Waals surface area contributed by atoms with Crippen LogP contribution in [0.5, 0.6) is 0 Å². The maximum atomic E-state index is 13.1. The summed E-state index contributed by atoms with van der Waals surface area (Å²) in [4.78, 5) is 18.7. The Balaban J connectivity index is 0.00000450. The quantitative estimate of drug-likeness (QED) is 0.174. The molecule has 2 N–H and O–H groups in total. The molecule has 2 rings (SSSR count). The molecule has 1 aromatic rings. The second-order valence-electron chi connectivity index (χ2n) is 7.29. The largest absolute Gasteiger partial charge is 0.391 e. The summed E-state index contributed by atoms with van der Waals surface area (Å²) in [5.74, 6) is -0.294. The van der Waals surface area contributed by atoms with Gasteiger partial charge in [-0.1, -0.05) is 24.6 Å². The number of nitrogens with one attached hydrogen (secondary N) is 2. The van der Waals surface area contributed by atoms with Crippen LogP contribution in [0.2, 0.25) is 0 Å². The average molecular weight is 558 g/mol. The van der Waals surface area contributed by atoms with Crippen molar-refractivity contribution in [2.75, 3.05) is 32.9 Å². The van der Waals surface area contributed by atoms with E-state index in [1.165, 1.54) is 4.90 Å². The molecule has 0 aromatic heterocycles. The van der Waals surface area contributed by atoms with Crippen LogP contribution in [0.25, 0.3) is 0 Å². The Hall–Kier alpha value is -1.17. The van der Waals surface area contributed by atoms with Crippen LogP contribution in [0.15, 0.2) is 40.2 Å². The van der Waals surface area contributed by atoms with Gasteiger partial charge in [-0.15, -0.1) is 35.7 Å². The number of rotatable bonds is 7. The van der Waals surface area contributed by atoms with Crippen molar-refractivity contribution in [3.63, 3.8) is 0 Å². The summed E-state index contributed by atoms with van der Waals surface area (Å²) in [5.41, 5.74) is 0. The summed E-state index contributed by atoms with van der Waals surface area (Å²) in [7, 11) is 3.29. The van der Waals surface area contributed by atoms with E-state index < -0.39 is 12.1 Å². The molecule has 0 spiro atoms. The predicted molar refractivity (Wildman–Crippen MR) is 127 cm³/mol. The second kappa shape index (κ2) is 13.3. The summed E-state index contributed by atoms with van der Waals surface area (Å²) in [6.45, 7) is 0.528. The summed E-state index contributed by atoms with van der Waals surface area (Å²) < 4.78 is 39.2. The third-order valence-corrected chi connectivity index (χ3v) is 5.77. The molecule has 0 heterocycles. The summed E-state index contributed by atoms with van der Waals surface area (Å²) in [5, 5.41) is 6.26. The number of nitrogens with zero attached hydrogens (tertiary/aromatic N) is 2. The molecule has 1 aromatic carbocycles. The number of amides is 1. The van der Waals surface area contributed by atoms with E-state index in [9.17, 15) is 18.0 Å². The number of benzene rings is 1. The number of guanidine groups is 1. The van der Waals surface area contributed by atoms with Gasteiger partial charge in [0.05, 0.1) is 5.92 Å². The molecule has 10 heteroatoms. The predicted octanol–water partition coefficient (Wildman–Crippen LogP) is 4.14. The summed E-state index contributed by atoms with van der Waals surface area (Å²) in [6.07, 6.45) is -2.78. The number of likely N-dealkylation sites (N-methyl/N-ethyl adjacent to an activating group) is 1. The van der Waals surface area contributed by atoms with Crippen LogP contribution in [0, 0.1) is 5.92 Å². The third-order valence-electron chi connectivity index (χ3n) is 4.76. The molecule has 0 radical (unpaired) electrons. The lowest BCUT2D eigenvalue weighted by molar-refractivity contribution is -0.183. The van der Waals surface area contributed by atoms with Gasteiger partial charge >= 0.3 is 6.18 Å². The van der Waals surface area contributed by atoms with Crippen molar-refractivity contribution in [2.24, 2.45) is 10.9 Å². The first-order valence-electron chi connectivity index (χ1n) is 9.75. The Labute approximate surface area is 197 Å². The molecule has 2 atom stereocenters. The zero-order valence-electron chi connectivity index (χ0n) is 17.2. The van der Waals surface area contributed by atoms with Gasteiger partial charge in [-0.05, 0) is 31.4 Å². The molecule has 1 amide bonds. The zero-order valence-corrected chi connectivity index (χ0v) is 20.4. The monoisotopic (exact) mass is 558 g/mol. The maximum absolute atomic E-state index is 13.1. The second-order valence-corrected chi connectivity index (χ2v) is 8.46. The fourth-order valence-electron chi connectivity index (χ4n) is 3.11. The zero-order chi connectivity index (χ0) is 21.3. The molecule has 5 nitrogen and oxygen atoms in total. The van der Waals surface area contributed by atoms with Gasteiger partial charge in [0.2, 0.25) is 5.91 Å². The van der Waals surface area contributed by atoms with Gasteiger partial charge in [-0.25, -0.2) is 4.99 Å². The Morgan fingerprint density at radius 2 is 1.93 bits per heavy atom. The van der Waals surface area contributed by atoms with Crippen LogP contribution >= 0.6 is 35.7 Å². The first kappa shape index (κ1) is 26.9. The highest BCUT2D eigenvalue weighted by Gasteiger charge is 2.42. The smallest absolute Gasteiger partial charge is 0.356 e. The van der Waals surface area contributed by atoms with Crippen molar-refractivity contribution in [1.29, 1.82) is 0 Å². The van der Waals surface area contributed by atoms with Crippen LogP contribution in [0.4, 0.5) is 13.2 Å². The first-order chi connectivity index (χ1) is 13.8. The van der Waals surface area contributed by atoms with Gasteiger partial charge < -0.3 is 15.5 Å². The molecule has 1 saturated carbocycles. The molecule has 0 aliphatic heterocycles. The van der Waals surface area contributed by atoms with Gasteiger partial charge in [0.25, 0.3) is 0 Å². The molecule has 1 aliphatic carbocycles. The number of aliphatic imine (C=N–C) groups is 1. The van der Waals surface area contributed by atoms with Crippen molar-refractivity contribution in [1.82, 2.24) is 15.5 Å². The lowest BCUT2D eigenvalue weighted by atomic mass is 9.85. The topological polar surface area (TPSA) is 56.7 Å². The van der Waals surface area contributed by atoms with Crippen molar-refractivity contribution in [2.45, 2.75) is 42.8 Å². The number of carbonyl (C=O) groups excluding carboxylic acids is 1. The molecule has 1 fully saturated rings. The van der Waals surface area contributed by atoms with Gasteiger partial charge in [-0.2, -0.15) is 13.2 Å². The van der Waals surface area contributed by atoms with Gasteiger partial charge in [-0.3, -0.25) is 4.79 Å². The van der Waals surface area contributed by atoms with E-state index in [4.69, 9.17) is 0 Å². The molecule has 1 aliphatic rings. The van der Waals surface area contributed by atoms with Crippen molar-refractivity contribution < 1.29 is 18.0 Å². The molecule has 2 unspecified atom stereocenters. The van der Waals surface area contributed by atoms with Gasteiger partial charge in [0.1, 0.15) is 6.54 Å². The third kappa shape index (κ3) is 9.76. The van der Waals surface area contributed by atoms with E-state index in [2.05, 4.69) is 15.6 Å². The Morgan fingerprint density at radius 3 is 2.57 bits per heavy atom. The number of alkyl halides is 3. The van der Waals surface area contributed by atoms with Crippen LogP contribution in [0.3, 0.4) is 0 Å². The SMILES string of the molecule is CN(C)C(=O)CN=C(NCCSc1ccccc1)NC1CCCC(C(F)(F)F)C1.I. The van der Waals surface area contributed by atoms with E-state index in [-0.39, 0.29) is 55.3 Å². The first-order valence-corrected chi connectivity index (χ1v) is 10.7. The van der Waals surface area contributed by atoms with E-state index in [1.807, 2.05) is 30.3 Å². The molecule has 170 valence electrons. The normalized spacial score (nSPS) is 19.6. The number of halogens is 4. The minimum absolute atomic E-state index is 0. The van der Waals surface area contributed by atoms with Gasteiger partial charge in [0.15, 0.2) is 5.96 Å². The van der Waals surface area contributed by atoms with Crippen molar-refractivity contribution in [3.05, 3.63) is 30.3 Å².